The van der Waals surface area contributed by atoms with E-state index in [1.165, 1.54) is 17.8 Å². The van der Waals surface area contributed by atoms with Gasteiger partial charge >= 0.3 is 5.97 Å². The summed E-state index contributed by atoms with van der Waals surface area (Å²) in [6.07, 6.45) is 6.79. The first kappa shape index (κ1) is 20.6. The van der Waals surface area contributed by atoms with Crippen LogP contribution >= 0.6 is 22.9 Å². The second-order valence-corrected chi connectivity index (χ2v) is 8.70. The van der Waals surface area contributed by atoms with Crippen LogP contribution in [0.25, 0.3) is 10.1 Å². The Morgan fingerprint density at radius 3 is 2.70 bits per heavy atom. The molecule has 2 aromatic carbocycles. The summed E-state index contributed by atoms with van der Waals surface area (Å²) in [4.78, 5) is 25.1. The molecule has 0 atom stereocenters. The highest BCUT2D eigenvalue weighted by Gasteiger charge is 2.21. The van der Waals surface area contributed by atoms with Gasteiger partial charge in [-0.1, -0.05) is 61.2 Å². The molecule has 3 aromatic rings. The number of thiophene rings is 1. The first-order valence-corrected chi connectivity index (χ1v) is 11.1. The van der Waals surface area contributed by atoms with E-state index < -0.39 is 5.97 Å². The monoisotopic (exact) mass is 440 g/mol. The lowest BCUT2D eigenvalue weighted by Crippen LogP contribution is -2.28. The molecule has 0 radical (unpaired) electrons. The molecule has 1 aliphatic carbocycles. The van der Waals surface area contributed by atoms with E-state index in [1.807, 2.05) is 30.3 Å². The molecule has 1 aromatic heterocycles. The van der Waals surface area contributed by atoms with E-state index in [2.05, 4.69) is 10.5 Å². The molecule has 0 unspecified atom stereocenters. The number of amides is 1. The summed E-state index contributed by atoms with van der Waals surface area (Å²) in [6, 6.07) is 14.5. The van der Waals surface area contributed by atoms with Crippen LogP contribution in [0.1, 0.15) is 47.3 Å². The van der Waals surface area contributed by atoms with Crippen molar-refractivity contribution < 1.29 is 14.3 Å². The molecule has 4 rings (SSSR count). The number of carbonyl (C=O) groups is 2. The topological polar surface area (TPSA) is 67.8 Å². The van der Waals surface area contributed by atoms with Gasteiger partial charge in [-0.25, -0.2) is 10.2 Å². The summed E-state index contributed by atoms with van der Waals surface area (Å²) in [5.74, 6) is -0.0980. The van der Waals surface area contributed by atoms with Gasteiger partial charge in [-0.2, -0.15) is 5.10 Å². The van der Waals surface area contributed by atoms with Crippen molar-refractivity contribution in [3.05, 3.63) is 64.0 Å². The third-order valence-electron chi connectivity index (χ3n) is 5.15. The fraction of sp³-hybridized carbons (Fsp3) is 0.261. The number of hydrazone groups is 1. The SMILES string of the molecule is O=C(Oc1cccc(/C=N/NC(=O)C2CCCCC2)c1)c1sc2ccccc2c1Cl. The van der Waals surface area contributed by atoms with Crippen molar-refractivity contribution in [2.24, 2.45) is 11.0 Å². The zero-order valence-electron chi connectivity index (χ0n) is 16.3. The minimum atomic E-state index is -0.499. The summed E-state index contributed by atoms with van der Waals surface area (Å²) < 4.78 is 6.45. The van der Waals surface area contributed by atoms with E-state index in [9.17, 15) is 9.59 Å². The van der Waals surface area contributed by atoms with E-state index in [0.717, 1.165) is 35.8 Å². The molecule has 30 heavy (non-hydrogen) atoms. The lowest BCUT2D eigenvalue weighted by molar-refractivity contribution is -0.125. The molecule has 154 valence electrons. The Labute approximate surface area is 183 Å². The molecular formula is C23H21ClN2O3S. The lowest BCUT2D eigenvalue weighted by atomic mass is 9.89. The van der Waals surface area contributed by atoms with Crippen LogP contribution in [0.5, 0.6) is 5.75 Å². The van der Waals surface area contributed by atoms with Crippen LogP contribution in [0, 0.1) is 5.92 Å². The predicted octanol–water partition coefficient (Wildman–Crippen LogP) is 5.80. The second kappa shape index (κ2) is 9.41. The van der Waals surface area contributed by atoms with Gasteiger partial charge in [0, 0.05) is 16.0 Å². The number of rotatable bonds is 5. The minimum Gasteiger partial charge on any atom is -0.422 e. The second-order valence-electron chi connectivity index (χ2n) is 7.27. The van der Waals surface area contributed by atoms with Crippen molar-refractivity contribution in [3.63, 3.8) is 0 Å². The van der Waals surface area contributed by atoms with Gasteiger partial charge in [0.05, 0.1) is 11.2 Å². The maximum atomic E-state index is 12.6. The molecular weight excluding hydrogens is 420 g/mol. The Morgan fingerprint density at radius 1 is 1.10 bits per heavy atom. The Kier molecular flexibility index (Phi) is 6.45. The number of nitrogens with one attached hydrogen (secondary N) is 1. The van der Waals surface area contributed by atoms with Crippen molar-refractivity contribution in [1.29, 1.82) is 0 Å². The van der Waals surface area contributed by atoms with E-state index in [-0.39, 0.29) is 11.8 Å². The Bertz CT molecular complexity index is 1100. The van der Waals surface area contributed by atoms with Gasteiger partial charge in [-0.05, 0) is 36.6 Å². The highest BCUT2D eigenvalue weighted by molar-refractivity contribution is 7.21. The van der Waals surface area contributed by atoms with Crippen molar-refractivity contribution >= 4 is 51.1 Å². The Balaban J connectivity index is 1.40. The van der Waals surface area contributed by atoms with E-state index in [0.29, 0.717) is 21.2 Å². The molecule has 1 aliphatic rings. The zero-order valence-corrected chi connectivity index (χ0v) is 17.8. The largest absolute Gasteiger partial charge is 0.422 e. The van der Waals surface area contributed by atoms with Gasteiger partial charge < -0.3 is 4.74 Å². The maximum Gasteiger partial charge on any atom is 0.355 e. The number of esters is 1. The first-order valence-electron chi connectivity index (χ1n) is 9.94. The molecule has 1 heterocycles. The smallest absolute Gasteiger partial charge is 0.355 e. The van der Waals surface area contributed by atoms with Gasteiger partial charge in [-0.15, -0.1) is 11.3 Å². The molecule has 0 spiro atoms. The van der Waals surface area contributed by atoms with Gasteiger partial charge in [0.15, 0.2) is 0 Å². The summed E-state index contributed by atoms with van der Waals surface area (Å²) >= 11 is 7.67. The van der Waals surface area contributed by atoms with Crippen molar-refractivity contribution in [2.45, 2.75) is 32.1 Å². The molecule has 1 saturated carbocycles. The quantitative estimate of drug-likeness (QED) is 0.236. The summed E-state index contributed by atoms with van der Waals surface area (Å²) in [5.41, 5.74) is 3.33. The van der Waals surface area contributed by atoms with Crippen LogP contribution in [0.2, 0.25) is 5.02 Å². The highest BCUT2D eigenvalue weighted by atomic mass is 35.5. The summed E-state index contributed by atoms with van der Waals surface area (Å²) in [5, 5.41) is 5.30. The standard InChI is InChI=1S/C23H21ClN2O3S/c24-20-18-11-4-5-12-19(18)30-21(20)23(28)29-17-10-6-7-15(13-17)14-25-26-22(27)16-8-2-1-3-9-16/h4-7,10-14,16H,1-3,8-9H2,(H,26,27)/b25-14+. The average molecular weight is 441 g/mol. The van der Waals surface area contributed by atoms with Crippen molar-refractivity contribution in [2.75, 3.05) is 0 Å². The fourth-order valence-corrected chi connectivity index (χ4v) is 4.97. The molecule has 0 bridgehead atoms. The first-order chi connectivity index (χ1) is 14.6. The Hall–Kier alpha value is -2.70. The van der Waals surface area contributed by atoms with Crippen LogP contribution in [0.15, 0.2) is 53.6 Å². The third-order valence-corrected chi connectivity index (χ3v) is 6.81. The molecule has 1 fully saturated rings. The number of carbonyl (C=O) groups excluding carboxylic acids is 2. The fourth-order valence-electron chi connectivity index (χ4n) is 3.58. The highest BCUT2D eigenvalue weighted by Crippen LogP contribution is 2.35. The zero-order chi connectivity index (χ0) is 20.9. The van der Waals surface area contributed by atoms with E-state index in [4.69, 9.17) is 16.3 Å². The van der Waals surface area contributed by atoms with Crippen LogP contribution in [-0.4, -0.2) is 18.1 Å². The lowest BCUT2D eigenvalue weighted by Gasteiger charge is -2.19. The van der Waals surface area contributed by atoms with Crippen molar-refractivity contribution in [3.8, 4) is 5.75 Å². The normalized spacial score (nSPS) is 14.8. The number of ether oxygens (including phenoxy) is 1. The number of hydrogen-bond acceptors (Lipinski definition) is 5. The van der Waals surface area contributed by atoms with Crippen LogP contribution in [-0.2, 0) is 4.79 Å². The summed E-state index contributed by atoms with van der Waals surface area (Å²) in [6.45, 7) is 0. The summed E-state index contributed by atoms with van der Waals surface area (Å²) in [7, 11) is 0. The molecule has 7 heteroatoms. The number of hydrogen-bond donors (Lipinski definition) is 1. The maximum absolute atomic E-state index is 12.6. The van der Waals surface area contributed by atoms with Gasteiger partial charge in [0.25, 0.3) is 0 Å². The molecule has 0 aliphatic heterocycles. The van der Waals surface area contributed by atoms with Crippen LogP contribution in [0.3, 0.4) is 0 Å². The average Bonchev–Trinajstić information content (AvgIpc) is 3.11. The predicted molar refractivity (Wildman–Crippen MR) is 121 cm³/mol. The molecule has 5 nitrogen and oxygen atoms in total. The number of nitrogens with zero attached hydrogens (tertiary/aromatic N) is 1. The van der Waals surface area contributed by atoms with Gasteiger partial charge in [-0.3, -0.25) is 4.79 Å². The molecule has 1 N–H and O–H groups in total. The van der Waals surface area contributed by atoms with Gasteiger partial charge in [0.1, 0.15) is 10.6 Å². The van der Waals surface area contributed by atoms with Gasteiger partial charge in [0.2, 0.25) is 5.91 Å². The number of halogens is 1. The number of benzene rings is 2. The van der Waals surface area contributed by atoms with E-state index in [1.54, 1.807) is 24.4 Å². The number of fused-ring (bicyclic) bond motifs is 1. The third kappa shape index (κ3) is 4.71. The van der Waals surface area contributed by atoms with Crippen LogP contribution in [0.4, 0.5) is 0 Å². The minimum absolute atomic E-state index is 0.0343. The molecule has 1 amide bonds. The Morgan fingerprint density at radius 2 is 1.90 bits per heavy atom. The van der Waals surface area contributed by atoms with Crippen molar-refractivity contribution in [1.82, 2.24) is 5.43 Å². The molecule has 0 saturated heterocycles. The van der Waals surface area contributed by atoms with E-state index >= 15 is 0 Å². The van der Waals surface area contributed by atoms with Crippen LogP contribution < -0.4 is 10.2 Å².